The van der Waals surface area contributed by atoms with Crippen molar-refractivity contribution in [1.29, 1.82) is 0 Å². The smallest absolute Gasteiger partial charge is 0.227 e. The van der Waals surface area contributed by atoms with Crippen molar-refractivity contribution >= 4 is 11.6 Å². The van der Waals surface area contributed by atoms with Gasteiger partial charge < -0.3 is 9.47 Å². The quantitative estimate of drug-likeness (QED) is 0.411. The molecule has 0 aromatic carbocycles. The summed E-state index contributed by atoms with van der Waals surface area (Å²) in [6.07, 6.45) is 6.24. The Labute approximate surface area is 126 Å². The molecular weight excluding hydrogens is 268 g/mol. The molecule has 0 aromatic heterocycles. The van der Waals surface area contributed by atoms with Gasteiger partial charge in [0.1, 0.15) is 0 Å². The first-order valence-electron chi connectivity index (χ1n) is 7.23. The van der Waals surface area contributed by atoms with E-state index in [2.05, 4.69) is 18.8 Å². The molecule has 0 saturated carbocycles. The molecule has 1 aliphatic rings. The van der Waals surface area contributed by atoms with Gasteiger partial charge in [0, 0.05) is 24.5 Å². The van der Waals surface area contributed by atoms with Gasteiger partial charge in [0.05, 0.1) is 14.2 Å². The summed E-state index contributed by atoms with van der Waals surface area (Å²) in [5, 5.41) is 0. The number of methoxy groups -OCH3 is 2. The zero-order chi connectivity index (χ0) is 15.7. The Hall–Kier alpha value is -2.02. The van der Waals surface area contributed by atoms with E-state index < -0.39 is 0 Å². The lowest BCUT2D eigenvalue weighted by Crippen LogP contribution is -2.21. The molecule has 0 N–H and O–H groups in total. The molecule has 0 bridgehead atoms. The normalized spacial score (nSPS) is 14.5. The largest absolute Gasteiger partial charge is 0.493 e. The summed E-state index contributed by atoms with van der Waals surface area (Å²) >= 11 is 0. The topological polar surface area (TPSA) is 52.6 Å². The van der Waals surface area contributed by atoms with Crippen LogP contribution in [0.4, 0.5) is 0 Å². The van der Waals surface area contributed by atoms with Crippen molar-refractivity contribution in [1.82, 2.24) is 0 Å². The predicted octanol–water partition coefficient (Wildman–Crippen LogP) is 2.93. The second kappa shape index (κ2) is 9.02. The van der Waals surface area contributed by atoms with E-state index in [-0.39, 0.29) is 23.1 Å². The van der Waals surface area contributed by atoms with Gasteiger partial charge in [-0.1, -0.05) is 13.3 Å². The number of hydrogen-bond acceptors (Lipinski definition) is 4. The molecule has 0 aliphatic heterocycles. The molecule has 0 unspecified atom stereocenters. The van der Waals surface area contributed by atoms with Crippen LogP contribution in [-0.4, -0.2) is 25.8 Å². The summed E-state index contributed by atoms with van der Waals surface area (Å²) in [6.45, 7) is 2.13. The van der Waals surface area contributed by atoms with Crippen LogP contribution >= 0.6 is 0 Å². The summed E-state index contributed by atoms with van der Waals surface area (Å²) in [4.78, 5) is 24.0. The molecule has 1 aliphatic carbocycles. The molecule has 114 valence electrons. The minimum atomic E-state index is -0.321. The van der Waals surface area contributed by atoms with Crippen LogP contribution < -0.4 is 0 Å². The molecule has 0 radical (unpaired) electrons. The first-order valence-corrected chi connectivity index (χ1v) is 7.23. The van der Waals surface area contributed by atoms with E-state index in [1.54, 1.807) is 0 Å². The van der Waals surface area contributed by atoms with Crippen molar-refractivity contribution in [3.63, 3.8) is 0 Å². The highest BCUT2D eigenvalue weighted by atomic mass is 16.5. The Bertz CT molecular complexity index is 515. The van der Waals surface area contributed by atoms with E-state index >= 15 is 0 Å². The maximum atomic E-state index is 12.2. The van der Waals surface area contributed by atoms with E-state index in [4.69, 9.17) is 9.47 Å². The van der Waals surface area contributed by atoms with Crippen LogP contribution in [0.2, 0.25) is 0 Å². The summed E-state index contributed by atoms with van der Waals surface area (Å²) in [5.41, 5.74) is 0.386. The van der Waals surface area contributed by atoms with Crippen LogP contribution in [0, 0.1) is 11.8 Å². The average molecular weight is 290 g/mol. The summed E-state index contributed by atoms with van der Waals surface area (Å²) in [7, 11) is 2.78. The highest BCUT2D eigenvalue weighted by molar-refractivity contribution is 6.21. The first kappa shape index (κ1) is 17.0. The third-order valence-electron chi connectivity index (χ3n) is 3.19. The van der Waals surface area contributed by atoms with Gasteiger partial charge in [0.15, 0.2) is 11.5 Å². The minimum Gasteiger partial charge on any atom is -0.493 e. The van der Waals surface area contributed by atoms with Crippen LogP contribution in [0.5, 0.6) is 0 Å². The van der Waals surface area contributed by atoms with Crippen LogP contribution in [0.25, 0.3) is 0 Å². The predicted molar refractivity (Wildman–Crippen MR) is 80.3 cm³/mol. The Morgan fingerprint density at radius 1 is 1.05 bits per heavy atom. The lowest BCUT2D eigenvalue weighted by molar-refractivity contribution is -0.120. The van der Waals surface area contributed by atoms with Gasteiger partial charge in [0.2, 0.25) is 11.6 Å². The Morgan fingerprint density at radius 3 is 2.29 bits per heavy atom. The molecule has 0 heterocycles. The fraction of sp³-hybridized carbons (Fsp3) is 0.529. The van der Waals surface area contributed by atoms with Crippen molar-refractivity contribution in [3.05, 3.63) is 23.2 Å². The fourth-order valence-corrected chi connectivity index (χ4v) is 2.05. The van der Waals surface area contributed by atoms with Gasteiger partial charge in [-0.3, -0.25) is 9.59 Å². The molecule has 0 fully saturated rings. The highest BCUT2D eigenvalue weighted by Gasteiger charge is 2.29. The summed E-state index contributed by atoms with van der Waals surface area (Å²) in [6, 6.07) is 0. The van der Waals surface area contributed by atoms with Crippen LogP contribution in [-0.2, 0) is 19.1 Å². The highest BCUT2D eigenvalue weighted by Crippen LogP contribution is 2.24. The summed E-state index contributed by atoms with van der Waals surface area (Å²) in [5.74, 6) is 5.80. The molecule has 0 atom stereocenters. The number of allylic oxidation sites excluding steroid dienone is 2. The standard InChI is InChI=1S/C17H22O4/c1-4-5-6-7-8-9-10-11-13-16(19)15(20-2)12-14(18)17(13)21-3/h12H,4-6,9-11H2,1-3H3. The SMILES string of the molecule is CCCCC#CCCCC1=C(OC)C(=O)C=C(OC)C1=O. The van der Waals surface area contributed by atoms with Crippen molar-refractivity contribution < 1.29 is 19.1 Å². The van der Waals surface area contributed by atoms with Gasteiger partial charge in [-0.05, 0) is 19.3 Å². The van der Waals surface area contributed by atoms with E-state index in [0.717, 1.165) is 25.7 Å². The Morgan fingerprint density at radius 2 is 1.71 bits per heavy atom. The van der Waals surface area contributed by atoms with Gasteiger partial charge in [-0.2, -0.15) is 0 Å². The van der Waals surface area contributed by atoms with Crippen LogP contribution in [0.3, 0.4) is 0 Å². The van der Waals surface area contributed by atoms with E-state index in [9.17, 15) is 9.59 Å². The van der Waals surface area contributed by atoms with Gasteiger partial charge in [-0.25, -0.2) is 0 Å². The second-order valence-corrected chi connectivity index (χ2v) is 4.73. The third kappa shape index (κ3) is 4.78. The Balaban J connectivity index is 2.63. The number of ketones is 2. The monoisotopic (exact) mass is 290 g/mol. The molecule has 4 nitrogen and oxygen atoms in total. The first-order chi connectivity index (χ1) is 10.2. The number of unbranched alkanes of at least 4 members (excludes halogenated alkanes) is 3. The molecular formula is C17H22O4. The third-order valence-corrected chi connectivity index (χ3v) is 3.19. The van der Waals surface area contributed by atoms with E-state index in [1.807, 2.05) is 0 Å². The molecule has 21 heavy (non-hydrogen) atoms. The maximum Gasteiger partial charge on any atom is 0.227 e. The lowest BCUT2D eigenvalue weighted by atomic mass is 9.95. The summed E-state index contributed by atoms with van der Waals surface area (Å²) < 4.78 is 10.0. The van der Waals surface area contributed by atoms with Crippen molar-refractivity contribution in [2.75, 3.05) is 14.2 Å². The number of Topliss-reactive ketones (excluding diaryl/α,β-unsaturated/α-hetero) is 1. The Kier molecular flexibility index (Phi) is 7.31. The maximum absolute atomic E-state index is 12.2. The molecule has 0 saturated heterocycles. The number of carbonyl (C=O) groups is 2. The molecule has 0 amide bonds. The van der Waals surface area contributed by atoms with Crippen molar-refractivity contribution in [3.8, 4) is 11.8 Å². The molecule has 0 spiro atoms. The van der Waals surface area contributed by atoms with Gasteiger partial charge in [-0.15, -0.1) is 11.8 Å². The van der Waals surface area contributed by atoms with Gasteiger partial charge in [0.25, 0.3) is 0 Å². The molecule has 0 aromatic rings. The van der Waals surface area contributed by atoms with Crippen LogP contribution in [0.15, 0.2) is 23.2 Å². The minimum absolute atomic E-state index is 0.0739. The molecule has 4 heteroatoms. The van der Waals surface area contributed by atoms with Crippen LogP contribution in [0.1, 0.15) is 45.4 Å². The number of ether oxygens (including phenoxy) is 2. The van der Waals surface area contributed by atoms with E-state index in [0.29, 0.717) is 18.4 Å². The van der Waals surface area contributed by atoms with Gasteiger partial charge >= 0.3 is 0 Å². The second-order valence-electron chi connectivity index (χ2n) is 4.73. The average Bonchev–Trinajstić information content (AvgIpc) is 2.49. The zero-order valence-electron chi connectivity index (χ0n) is 13.0. The zero-order valence-corrected chi connectivity index (χ0v) is 13.0. The number of carbonyl (C=O) groups excluding carboxylic acids is 2. The number of hydrogen-bond donors (Lipinski definition) is 0. The van der Waals surface area contributed by atoms with Crippen molar-refractivity contribution in [2.45, 2.75) is 45.4 Å². The lowest BCUT2D eigenvalue weighted by Gasteiger charge is -2.16. The van der Waals surface area contributed by atoms with E-state index in [1.165, 1.54) is 20.3 Å². The molecule has 1 rings (SSSR count). The number of rotatable bonds is 7. The van der Waals surface area contributed by atoms with Crippen molar-refractivity contribution in [2.24, 2.45) is 0 Å². The fourth-order valence-electron chi connectivity index (χ4n) is 2.05.